The number of alkyl carbamates (subject to hydrolysis) is 1. The number of anilines is 1. The number of hydrogen-bond acceptors (Lipinski definition) is 10. The molecule has 13 nitrogen and oxygen atoms in total. The summed E-state index contributed by atoms with van der Waals surface area (Å²) in [5.41, 5.74) is -0.871. The number of carbonyl (C=O) groups is 4. The zero-order chi connectivity index (χ0) is 35.7. The van der Waals surface area contributed by atoms with E-state index in [9.17, 15) is 24.3 Å². The highest BCUT2D eigenvalue weighted by Crippen LogP contribution is 2.49. The minimum absolute atomic E-state index is 0.0436. The fourth-order valence-corrected chi connectivity index (χ4v) is 6.59. The number of benzene rings is 1. The fraction of sp³-hybridized carbons (Fsp3) is 0.588. The van der Waals surface area contributed by atoms with E-state index in [0.29, 0.717) is 17.9 Å². The van der Waals surface area contributed by atoms with Gasteiger partial charge in [0.15, 0.2) is 5.72 Å². The van der Waals surface area contributed by atoms with E-state index in [4.69, 9.17) is 35.3 Å². The van der Waals surface area contributed by atoms with Gasteiger partial charge in [-0.3, -0.25) is 14.9 Å². The van der Waals surface area contributed by atoms with Gasteiger partial charge in [0.05, 0.1) is 25.3 Å². The van der Waals surface area contributed by atoms with Crippen LogP contribution >= 0.6 is 11.6 Å². The molecule has 1 aromatic rings. The summed E-state index contributed by atoms with van der Waals surface area (Å²) in [6.45, 7) is 8.29. The number of nitrogens with one attached hydrogen (secondary N) is 1. The number of carbonyl (C=O) groups excluding carboxylic acids is 4. The normalized spacial score (nSPS) is 33.2. The van der Waals surface area contributed by atoms with Crippen LogP contribution in [0.15, 0.2) is 35.9 Å². The number of allylic oxidation sites excluding steroid dienone is 3. The number of epoxide rings is 1. The van der Waals surface area contributed by atoms with Crippen molar-refractivity contribution in [3.8, 4) is 5.75 Å². The molecule has 0 saturated carbocycles. The predicted molar refractivity (Wildman–Crippen MR) is 177 cm³/mol. The smallest absolute Gasteiger partial charge is 0.409 e. The van der Waals surface area contributed by atoms with Crippen molar-refractivity contribution in [1.82, 2.24) is 10.2 Å². The van der Waals surface area contributed by atoms with Crippen LogP contribution < -0.4 is 15.0 Å². The van der Waals surface area contributed by atoms with Gasteiger partial charge in [0.2, 0.25) is 11.8 Å². The van der Waals surface area contributed by atoms with Crippen LogP contribution in [-0.4, -0.2) is 104 Å². The zero-order valence-electron chi connectivity index (χ0n) is 28.9. The first-order chi connectivity index (χ1) is 22.4. The molecule has 3 aliphatic heterocycles. The Morgan fingerprint density at radius 3 is 2.56 bits per heavy atom. The van der Waals surface area contributed by atoms with Gasteiger partial charge in [0.25, 0.3) is 0 Å². The van der Waals surface area contributed by atoms with Crippen molar-refractivity contribution in [3.05, 3.63) is 46.5 Å². The van der Waals surface area contributed by atoms with Crippen LogP contribution in [0.4, 0.5) is 10.5 Å². The number of nitrogens with zero attached hydrogens (tertiary/aromatic N) is 2. The lowest BCUT2D eigenvalue weighted by atomic mass is 9.83. The molecule has 3 heterocycles. The van der Waals surface area contributed by atoms with Crippen molar-refractivity contribution in [2.24, 2.45) is 5.92 Å². The third-order valence-corrected chi connectivity index (χ3v) is 10.0. The molecule has 4 bridgehead atoms. The lowest BCUT2D eigenvalue weighted by Crippen LogP contribution is -2.63. The van der Waals surface area contributed by atoms with Crippen molar-refractivity contribution < 1.29 is 48.0 Å². The summed E-state index contributed by atoms with van der Waals surface area (Å²) >= 11 is 6.71. The summed E-state index contributed by atoms with van der Waals surface area (Å²) in [5, 5.41) is 14.4. The Bertz CT molecular complexity index is 1500. The van der Waals surface area contributed by atoms with Crippen LogP contribution in [0, 0.1) is 5.92 Å². The molecule has 0 radical (unpaired) electrons. The first kappa shape index (κ1) is 37.2. The third kappa shape index (κ3) is 7.64. The topological polar surface area (TPSA) is 156 Å². The average Bonchev–Trinajstić information content (AvgIpc) is 3.73. The van der Waals surface area contributed by atoms with E-state index in [1.807, 2.05) is 13.0 Å². The Kier molecular flexibility index (Phi) is 11.2. The number of hydrogen-bond donors (Lipinski definition) is 2. The number of methoxy groups -OCH3 is 2. The van der Waals surface area contributed by atoms with Crippen LogP contribution in [0.3, 0.4) is 0 Å². The molecule has 48 heavy (non-hydrogen) atoms. The molecule has 3 amide bonds. The van der Waals surface area contributed by atoms with Crippen LogP contribution in [0.5, 0.6) is 5.75 Å². The molecule has 0 aromatic heterocycles. The zero-order valence-corrected chi connectivity index (χ0v) is 29.6. The van der Waals surface area contributed by atoms with Crippen LogP contribution in [-0.2, 0) is 39.8 Å². The van der Waals surface area contributed by atoms with Gasteiger partial charge < -0.3 is 38.6 Å². The number of aliphatic hydroxyl groups is 1. The Balaban J connectivity index is 1.80. The molecule has 4 rings (SSSR count). The lowest BCUT2D eigenvalue weighted by Gasteiger charge is -2.42. The Morgan fingerprint density at radius 2 is 1.94 bits per heavy atom. The minimum atomic E-state index is -1.81. The Morgan fingerprint density at radius 1 is 1.25 bits per heavy atom. The maximum atomic E-state index is 14.0. The maximum Gasteiger partial charge on any atom is 0.409 e. The molecule has 3 aliphatic rings. The number of rotatable bonds is 5. The fourth-order valence-electron chi connectivity index (χ4n) is 6.27. The molecule has 8 atom stereocenters. The van der Waals surface area contributed by atoms with E-state index in [1.165, 1.54) is 44.9 Å². The maximum absolute atomic E-state index is 14.0. The Labute approximate surface area is 286 Å². The van der Waals surface area contributed by atoms with Crippen LogP contribution in [0.2, 0.25) is 5.02 Å². The van der Waals surface area contributed by atoms with E-state index in [2.05, 4.69) is 5.32 Å². The first-order valence-electron chi connectivity index (χ1n) is 15.8. The third-order valence-electron chi connectivity index (χ3n) is 9.63. The number of likely N-dealkylation sites (N-methyl/N-ethyl adjacent to an activating group) is 1. The van der Waals surface area contributed by atoms with Gasteiger partial charge in [-0.2, -0.15) is 0 Å². The molecule has 264 valence electrons. The minimum Gasteiger partial charge on any atom is -0.495 e. The summed E-state index contributed by atoms with van der Waals surface area (Å²) < 4.78 is 28.9. The largest absolute Gasteiger partial charge is 0.495 e. The molecule has 0 aliphatic carbocycles. The van der Waals surface area contributed by atoms with E-state index in [-0.39, 0.29) is 23.8 Å². The molecular formula is C34H46ClN3O10. The molecule has 2 N–H and O–H groups in total. The average molecular weight is 692 g/mol. The summed E-state index contributed by atoms with van der Waals surface area (Å²) in [4.78, 5) is 54.7. The number of fused-ring (bicyclic) bond motifs is 5. The lowest BCUT2D eigenvalue weighted by molar-refractivity contribution is -0.161. The van der Waals surface area contributed by atoms with Gasteiger partial charge >= 0.3 is 12.1 Å². The van der Waals surface area contributed by atoms with Crippen molar-refractivity contribution in [1.29, 1.82) is 0 Å². The molecule has 1 aromatic carbocycles. The SMILES string of the molecule is COc1cc2cc(c1Cl)N(C)C(=O)C[C@H](OC(=O)[C@H](C)N(C)C(C)=O)C1(C)O[C@H]1[C@H](C)[C@@H]1C[C@@](O)(NC(=O)O1)C(OC)/C=C/C=C(\C)C2. The molecular weight excluding hydrogens is 646 g/mol. The van der Waals surface area contributed by atoms with E-state index in [1.54, 1.807) is 45.2 Å². The van der Waals surface area contributed by atoms with Crippen LogP contribution in [0.1, 0.15) is 53.0 Å². The Hall–Kier alpha value is -3.65. The molecule has 2 fully saturated rings. The highest BCUT2D eigenvalue weighted by Gasteiger charge is 2.64. The standard InChI is InChI=1S/C34H46ClN3O10/c1-18-11-10-12-26(45-9)34(43)17-25(46-32(42)36-34)19(2)30-33(5,48-30)27(47-31(41)20(3)37(6)21(4)39)16-28(40)38(7)23-14-22(13-18)15-24(44-8)29(23)35/h10-12,14-15,19-20,25-27,30,43H,13,16-17H2,1-9H3,(H,36,42)/b12-10+,18-11+/t19-,20+,25+,26?,27+,30+,33?,34+/m1/s1. The summed E-state index contributed by atoms with van der Waals surface area (Å²) in [7, 11) is 5.97. The van der Waals surface area contributed by atoms with E-state index in [0.717, 1.165) is 11.1 Å². The number of ether oxygens (including phenoxy) is 5. The summed E-state index contributed by atoms with van der Waals surface area (Å²) in [5.74, 6) is -1.63. The predicted octanol–water partition coefficient (Wildman–Crippen LogP) is 3.53. The van der Waals surface area contributed by atoms with Crippen molar-refractivity contribution in [3.63, 3.8) is 0 Å². The molecule has 2 unspecified atom stereocenters. The van der Waals surface area contributed by atoms with Crippen molar-refractivity contribution >= 4 is 41.2 Å². The monoisotopic (exact) mass is 691 g/mol. The number of amides is 3. The first-order valence-corrected chi connectivity index (χ1v) is 16.2. The van der Waals surface area contributed by atoms with Crippen LogP contribution in [0.25, 0.3) is 0 Å². The molecule has 14 heteroatoms. The van der Waals surface area contributed by atoms with Gasteiger partial charge in [0.1, 0.15) is 40.7 Å². The molecule has 0 spiro atoms. The van der Waals surface area contributed by atoms with E-state index < -0.39 is 65.7 Å². The second-order valence-corrected chi connectivity index (χ2v) is 13.4. The highest BCUT2D eigenvalue weighted by molar-refractivity contribution is 6.35. The number of halogens is 1. The van der Waals surface area contributed by atoms with Crippen molar-refractivity contribution in [2.75, 3.05) is 33.2 Å². The van der Waals surface area contributed by atoms with Gasteiger partial charge in [-0.1, -0.05) is 42.3 Å². The van der Waals surface area contributed by atoms with Crippen molar-refractivity contribution in [2.45, 2.75) is 95.7 Å². The second kappa shape index (κ2) is 14.5. The van der Waals surface area contributed by atoms with Gasteiger partial charge in [0, 0.05) is 40.5 Å². The van der Waals surface area contributed by atoms with E-state index >= 15 is 0 Å². The summed E-state index contributed by atoms with van der Waals surface area (Å²) in [6, 6.07) is 2.63. The summed E-state index contributed by atoms with van der Waals surface area (Å²) in [6.07, 6.45) is 1.02. The second-order valence-electron chi connectivity index (χ2n) is 13.0. The van der Waals surface area contributed by atoms with Gasteiger partial charge in [-0.25, -0.2) is 9.59 Å². The number of esters is 1. The highest BCUT2D eigenvalue weighted by atomic mass is 35.5. The quantitative estimate of drug-likeness (QED) is 0.346. The van der Waals surface area contributed by atoms with Gasteiger partial charge in [-0.15, -0.1) is 0 Å². The molecule has 2 saturated heterocycles. The van der Waals surface area contributed by atoms with Gasteiger partial charge in [-0.05, 0) is 44.9 Å².